The number of aliphatic imine (C=N–C) groups is 1. The van der Waals surface area contributed by atoms with E-state index >= 15 is 0 Å². The van der Waals surface area contributed by atoms with Crippen LogP contribution in [0.3, 0.4) is 0 Å². The number of rotatable bonds is 13. The summed E-state index contributed by atoms with van der Waals surface area (Å²) >= 11 is 0. The number of nitrogens with zero attached hydrogens (tertiary/aromatic N) is 3. The Labute approximate surface area is 314 Å². The normalized spacial score (nSPS) is 17.3. The van der Waals surface area contributed by atoms with Crippen LogP contribution in [0.15, 0.2) is 65.5 Å². The monoisotopic (exact) mass is 736 g/mol. The fourth-order valence-electron chi connectivity index (χ4n) is 5.75. The number of allylic oxidation sites excluding steroid dienone is 3. The zero-order chi connectivity index (χ0) is 38.6. The number of piperidine rings is 1. The Balaban J connectivity index is 0.000000811. The number of hydrogen-bond acceptors (Lipinski definition) is 8. The number of nitrogens with one attached hydrogen (secondary N) is 1. The number of hydrogen-bond donors (Lipinski definition) is 1. The summed E-state index contributed by atoms with van der Waals surface area (Å²) in [5.41, 5.74) is 4.61. The van der Waals surface area contributed by atoms with Gasteiger partial charge < -0.3 is 19.5 Å². The van der Waals surface area contributed by atoms with Crippen LogP contribution in [0, 0.1) is 35.9 Å². The minimum atomic E-state index is -0.445. The maximum atomic E-state index is 14.2. The van der Waals surface area contributed by atoms with Gasteiger partial charge in [0.25, 0.3) is 0 Å². The molecule has 0 amide bonds. The molecule has 2 aromatic rings. The zero-order valence-electron chi connectivity index (χ0n) is 33.2. The molecule has 10 heteroatoms. The van der Waals surface area contributed by atoms with Crippen LogP contribution in [-0.4, -0.2) is 82.1 Å². The second kappa shape index (κ2) is 23.9. The summed E-state index contributed by atoms with van der Waals surface area (Å²) in [6.07, 6.45) is 11.6. The SMILES string of the molecule is CC(C)C.CCC1CCO1.CN/C(=C\C=C/C(C1CCN(CC(C)=Nc2ccc(C(=O)OC)cc2C)CC1)P(C)C)OCc1ccc(C#N)cc1F. The molecular formula is C42H62FN4O4P. The van der Waals surface area contributed by atoms with Crippen LogP contribution >= 0.6 is 7.92 Å². The van der Waals surface area contributed by atoms with Crippen molar-refractivity contribution in [2.75, 3.05) is 53.7 Å². The number of halogens is 1. The lowest BCUT2D eigenvalue weighted by atomic mass is 9.92. The molecule has 2 atom stereocenters. The van der Waals surface area contributed by atoms with Gasteiger partial charge in [0, 0.05) is 31.5 Å². The van der Waals surface area contributed by atoms with Crippen LogP contribution in [0.1, 0.15) is 87.4 Å². The van der Waals surface area contributed by atoms with Crippen LogP contribution in [-0.2, 0) is 20.8 Å². The van der Waals surface area contributed by atoms with Gasteiger partial charge in [-0.3, -0.25) is 9.89 Å². The van der Waals surface area contributed by atoms with Crippen LogP contribution in [0.25, 0.3) is 0 Å². The number of nitriles is 1. The zero-order valence-corrected chi connectivity index (χ0v) is 34.1. The third-order valence-corrected chi connectivity index (χ3v) is 10.5. The summed E-state index contributed by atoms with van der Waals surface area (Å²) in [4.78, 5) is 19.1. The van der Waals surface area contributed by atoms with Crippen LogP contribution in [0.5, 0.6) is 0 Å². The number of esters is 1. The van der Waals surface area contributed by atoms with Gasteiger partial charge in [-0.25, -0.2) is 9.18 Å². The number of carbonyl (C=O) groups excluding carboxylic acids is 1. The molecule has 2 unspecified atom stereocenters. The summed E-state index contributed by atoms with van der Waals surface area (Å²) < 4.78 is 29.9. The lowest BCUT2D eigenvalue weighted by Gasteiger charge is -2.36. The average Bonchev–Trinajstić information content (AvgIpc) is 3.08. The van der Waals surface area contributed by atoms with Gasteiger partial charge in [-0.05, 0) is 125 Å². The predicted octanol–water partition coefficient (Wildman–Crippen LogP) is 9.39. The van der Waals surface area contributed by atoms with E-state index in [-0.39, 0.29) is 20.5 Å². The van der Waals surface area contributed by atoms with Crippen molar-refractivity contribution in [3.63, 3.8) is 0 Å². The highest BCUT2D eigenvalue weighted by Gasteiger charge is 2.27. The fraction of sp³-hybridized carbons (Fsp3) is 0.548. The lowest BCUT2D eigenvalue weighted by molar-refractivity contribution is -0.0516. The first-order chi connectivity index (χ1) is 24.8. The molecule has 0 bridgehead atoms. The van der Waals surface area contributed by atoms with E-state index in [1.54, 1.807) is 25.2 Å². The van der Waals surface area contributed by atoms with Crippen molar-refractivity contribution in [1.29, 1.82) is 5.26 Å². The molecule has 52 heavy (non-hydrogen) atoms. The third-order valence-electron chi connectivity index (χ3n) is 8.71. The molecule has 0 aromatic heterocycles. The molecule has 1 N–H and O–H groups in total. The highest BCUT2D eigenvalue weighted by atomic mass is 31.1. The summed E-state index contributed by atoms with van der Waals surface area (Å²) in [5, 5.41) is 12.0. The summed E-state index contributed by atoms with van der Waals surface area (Å²) in [6, 6.07) is 11.8. The highest BCUT2D eigenvalue weighted by Crippen LogP contribution is 2.42. The number of likely N-dealkylation sites (tertiary alicyclic amines) is 1. The van der Waals surface area contributed by atoms with Crippen molar-refractivity contribution < 1.29 is 23.4 Å². The van der Waals surface area contributed by atoms with Gasteiger partial charge in [-0.15, -0.1) is 7.92 Å². The van der Waals surface area contributed by atoms with Crippen molar-refractivity contribution in [3.8, 4) is 6.07 Å². The van der Waals surface area contributed by atoms with E-state index in [4.69, 9.17) is 24.5 Å². The van der Waals surface area contributed by atoms with E-state index in [1.165, 1.54) is 26.0 Å². The number of methoxy groups -OCH3 is 1. The first-order valence-corrected chi connectivity index (χ1v) is 20.7. The summed E-state index contributed by atoms with van der Waals surface area (Å²) in [5.74, 6) is 1.22. The second-order valence-corrected chi connectivity index (χ2v) is 16.7. The fourth-order valence-corrected chi connectivity index (χ4v) is 7.34. The van der Waals surface area contributed by atoms with E-state index in [0.29, 0.717) is 40.3 Å². The van der Waals surface area contributed by atoms with Crippen molar-refractivity contribution >= 4 is 25.3 Å². The molecule has 2 fully saturated rings. The molecule has 0 radical (unpaired) electrons. The Morgan fingerprint density at radius 1 is 1.17 bits per heavy atom. The molecular weight excluding hydrogens is 674 g/mol. The van der Waals surface area contributed by atoms with Crippen molar-refractivity contribution in [3.05, 3.63) is 88.6 Å². The molecule has 8 nitrogen and oxygen atoms in total. The number of aryl methyl sites for hydroxylation is 1. The molecule has 2 aromatic carbocycles. The predicted molar refractivity (Wildman–Crippen MR) is 214 cm³/mol. The topological polar surface area (TPSA) is 96.2 Å². The van der Waals surface area contributed by atoms with E-state index in [0.717, 1.165) is 62.0 Å². The van der Waals surface area contributed by atoms with Crippen molar-refractivity contribution in [1.82, 2.24) is 10.2 Å². The Hall–Kier alpha value is -3.57. The minimum Gasteiger partial charge on any atom is -0.474 e. The maximum absolute atomic E-state index is 14.2. The molecule has 2 heterocycles. The summed E-state index contributed by atoms with van der Waals surface area (Å²) in [7, 11) is 2.98. The Kier molecular flexibility index (Phi) is 20.5. The summed E-state index contributed by atoms with van der Waals surface area (Å²) in [6.45, 7) is 21.3. The van der Waals surface area contributed by atoms with Crippen molar-refractivity contribution in [2.45, 2.75) is 85.6 Å². The van der Waals surface area contributed by atoms with Gasteiger partial charge in [0.1, 0.15) is 12.4 Å². The molecule has 0 saturated carbocycles. The van der Waals surface area contributed by atoms with Crippen LogP contribution < -0.4 is 5.32 Å². The Morgan fingerprint density at radius 2 is 1.85 bits per heavy atom. The first-order valence-electron chi connectivity index (χ1n) is 18.4. The molecule has 2 aliphatic heterocycles. The van der Waals surface area contributed by atoms with Gasteiger partial charge in [-0.2, -0.15) is 5.26 Å². The van der Waals surface area contributed by atoms with E-state index in [9.17, 15) is 9.18 Å². The maximum Gasteiger partial charge on any atom is 0.337 e. The van der Waals surface area contributed by atoms with Crippen molar-refractivity contribution in [2.24, 2.45) is 16.8 Å². The van der Waals surface area contributed by atoms with Gasteiger partial charge in [0.05, 0.1) is 36.1 Å². The highest BCUT2D eigenvalue weighted by molar-refractivity contribution is 7.57. The van der Waals surface area contributed by atoms with Gasteiger partial charge in [0.15, 0.2) is 5.88 Å². The minimum absolute atomic E-state index is 0.0787. The van der Waals surface area contributed by atoms with Gasteiger partial charge in [-0.1, -0.05) is 45.9 Å². The number of carbonyl (C=O) groups is 1. The Morgan fingerprint density at radius 3 is 2.33 bits per heavy atom. The molecule has 0 spiro atoms. The average molecular weight is 737 g/mol. The lowest BCUT2D eigenvalue weighted by Crippen LogP contribution is -2.39. The van der Waals surface area contributed by atoms with Crippen LogP contribution in [0.2, 0.25) is 0 Å². The van der Waals surface area contributed by atoms with E-state index in [1.807, 2.05) is 37.3 Å². The molecule has 4 rings (SSSR count). The molecule has 2 aliphatic rings. The van der Waals surface area contributed by atoms with E-state index in [2.05, 4.69) is 64.2 Å². The number of ether oxygens (including phenoxy) is 3. The molecule has 2 saturated heterocycles. The molecule has 0 aliphatic carbocycles. The van der Waals surface area contributed by atoms with Crippen LogP contribution in [0.4, 0.5) is 10.1 Å². The van der Waals surface area contributed by atoms with E-state index < -0.39 is 5.82 Å². The molecule has 286 valence electrons. The van der Waals surface area contributed by atoms with Gasteiger partial charge >= 0.3 is 5.97 Å². The second-order valence-electron chi connectivity index (χ2n) is 14.2. The smallest absolute Gasteiger partial charge is 0.337 e. The standard InChI is InChI=1S/C33H42FN4O3P.C5H10O.C4H10/c1-23-18-27(33(39)40-4)12-13-30(23)37-24(2)21-38-16-14-26(15-17-38)31(42(5)6)8-7-9-32(36-3)41-22-28-11-10-25(20-35)19-29(28)34;1-2-5-3-4-6-5;1-4(2)3/h7-13,18-19,26,31,36H,14-17,21-22H2,1-6H3;5H,2-4H2,1H3;4H,1-3H3/b8-7-,32-9+,37-24?;;. The third kappa shape index (κ3) is 16.0. The first kappa shape index (κ1) is 44.6. The van der Waals surface area contributed by atoms with Gasteiger partial charge in [0.2, 0.25) is 0 Å². The largest absolute Gasteiger partial charge is 0.474 e. The quantitative estimate of drug-likeness (QED) is 0.0720. The number of benzene rings is 2. The Bertz CT molecular complexity index is 1520.